The molecule has 2 aromatic rings. The van der Waals surface area contributed by atoms with Crippen LogP contribution in [0.3, 0.4) is 0 Å². The Morgan fingerprint density at radius 1 is 0.767 bits per heavy atom. The van der Waals surface area contributed by atoms with Crippen molar-refractivity contribution in [2.24, 2.45) is 10.8 Å². The van der Waals surface area contributed by atoms with Crippen molar-refractivity contribution in [3.8, 4) is 6.07 Å². The van der Waals surface area contributed by atoms with Gasteiger partial charge in [-0.25, -0.2) is 0 Å². The normalized spacial score (nSPS) is 14.2. The molecule has 0 aliphatic heterocycles. The highest BCUT2D eigenvalue weighted by atomic mass is 14.9. The van der Waals surface area contributed by atoms with Gasteiger partial charge in [-0.2, -0.15) is 5.26 Å². The highest BCUT2D eigenvalue weighted by Gasteiger charge is 2.25. The molecule has 0 saturated heterocycles. The van der Waals surface area contributed by atoms with Crippen molar-refractivity contribution in [1.29, 1.82) is 5.26 Å². The van der Waals surface area contributed by atoms with E-state index in [1.165, 1.54) is 16.7 Å². The van der Waals surface area contributed by atoms with Crippen molar-refractivity contribution in [2.45, 2.75) is 66.0 Å². The minimum Gasteiger partial charge on any atom is -0.313 e. The summed E-state index contributed by atoms with van der Waals surface area (Å²) < 4.78 is 0. The predicted octanol–water partition coefficient (Wildman–Crippen LogP) is 6.17. The number of nitrogens with zero attached hydrogens (tertiary/aromatic N) is 1. The minimum atomic E-state index is 0.150. The molecule has 0 heterocycles. The fraction of sp³-hybridized carbons (Fsp3) is 0.519. The van der Waals surface area contributed by atoms with Gasteiger partial charge in [0.2, 0.25) is 0 Å². The quantitative estimate of drug-likeness (QED) is 0.524. The van der Waals surface area contributed by atoms with E-state index in [-0.39, 0.29) is 11.5 Å². The molecule has 0 spiro atoms. The number of benzene rings is 2. The van der Waals surface area contributed by atoms with E-state index in [0.717, 1.165) is 19.3 Å². The van der Waals surface area contributed by atoms with Crippen molar-refractivity contribution in [2.75, 3.05) is 14.1 Å². The lowest BCUT2D eigenvalue weighted by atomic mass is 9.78. The molecule has 162 valence electrons. The molecular formula is C27H39N3. The molecule has 0 aliphatic rings. The lowest BCUT2D eigenvalue weighted by molar-refractivity contribution is 0.286. The Labute approximate surface area is 183 Å². The summed E-state index contributed by atoms with van der Waals surface area (Å²) in [7, 11) is 4.06. The Bertz CT molecular complexity index is 820. The van der Waals surface area contributed by atoms with Crippen molar-refractivity contribution < 1.29 is 0 Å². The topological polar surface area (TPSA) is 47.8 Å². The molecule has 0 radical (unpaired) electrons. The molecule has 0 aliphatic carbocycles. The van der Waals surface area contributed by atoms with Gasteiger partial charge in [-0.3, -0.25) is 0 Å². The summed E-state index contributed by atoms with van der Waals surface area (Å²) in [5.74, 6) is 0. The molecule has 2 atom stereocenters. The minimum absolute atomic E-state index is 0.150. The molecule has 3 heteroatoms. The van der Waals surface area contributed by atoms with Gasteiger partial charge < -0.3 is 10.6 Å². The van der Waals surface area contributed by atoms with Gasteiger partial charge in [0, 0.05) is 12.1 Å². The molecule has 0 aromatic heterocycles. The van der Waals surface area contributed by atoms with Crippen LogP contribution >= 0.6 is 0 Å². The highest BCUT2D eigenvalue weighted by molar-refractivity contribution is 5.33. The van der Waals surface area contributed by atoms with Crippen LogP contribution in [0.1, 0.15) is 81.8 Å². The average molecular weight is 406 g/mol. The Morgan fingerprint density at radius 3 is 1.67 bits per heavy atom. The van der Waals surface area contributed by atoms with Crippen LogP contribution in [-0.4, -0.2) is 14.1 Å². The van der Waals surface area contributed by atoms with Gasteiger partial charge in [0.15, 0.2) is 0 Å². The predicted molar refractivity (Wildman–Crippen MR) is 127 cm³/mol. The second-order valence-corrected chi connectivity index (χ2v) is 10.5. The maximum absolute atomic E-state index is 9.03. The first kappa shape index (κ1) is 24.1. The maximum atomic E-state index is 9.03. The van der Waals surface area contributed by atoms with Crippen molar-refractivity contribution >= 4 is 0 Å². The number of hydrogen-bond donors (Lipinski definition) is 2. The van der Waals surface area contributed by atoms with E-state index in [4.69, 9.17) is 5.26 Å². The van der Waals surface area contributed by atoms with Gasteiger partial charge >= 0.3 is 0 Å². The van der Waals surface area contributed by atoms with Crippen LogP contribution in [0, 0.1) is 22.2 Å². The molecule has 0 saturated carbocycles. The molecule has 2 N–H and O–H groups in total. The summed E-state index contributed by atoms with van der Waals surface area (Å²) in [4.78, 5) is 0. The zero-order valence-corrected chi connectivity index (χ0v) is 19.8. The summed E-state index contributed by atoms with van der Waals surface area (Å²) in [6, 6.07) is 20.0. The molecule has 2 aromatic carbocycles. The summed E-state index contributed by atoms with van der Waals surface area (Å²) in [6.45, 7) is 11.6. The lowest BCUT2D eigenvalue weighted by Crippen LogP contribution is -2.26. The molecule has 2 rings (SSSR count). The van der Waals surface area contributed by atoms with Gasteiger partial charge in [-0.1, -0.05) is 71.0 Å². The Morgan fingerprint density at radius 2 is 1.23 bits per heavy atom. The van der Waals surface area contributed by atoms with Gasteiger partial charge in [-0.15, -0.1) is 0 Å². The van der Waals surface area contributed by atoms with Crippen LogP contribution in [0.5, 0.6) is 0 Å². The summed E-state index contributed by atoms with van der Waals surface area (Å²) in [6.07, 6.45) is 3.17. The van der Waals surface area contributed by atoms with Crippen LogP contribution in [0.2, 0.25) is 0 Å². The molecule has 0 bridgehead atoms. The fourth-order valence-corrected chi connectivity index (χ4v) is 4.22. The van der Waals surface area contributed by atoms with E-state index in [0.29, 0.717) is 17.0 Å². The third-order valence-electron chi connectivity index (χ3n) is 5.78. The van der Waals surface area contributed by atoms with E-state index in [1.807, 2.05) is 19.2 Å². The number of rotatable bonds is 9. The second kappa shape index (κ2) is 10.2. The van der Waals surface area contributed by atoms with Crippen LogP contribution in [0.25, 0.3) is 0 Å². The number of nitrogens with one attached hydrogen (secondary N) is 2. The summed E-state index contributed by atoms with van der Waals surface area (Å²) in [5.41, 5.74) is 5.13. The van der Waals surface area contributed by atoms with Crippen molar-refractivity contribution in [1.82, 2.24) is 10.6 Å². The average Bonchev–Trinajstić information content (AvgIpc) is 2.70. The summed E-state index contributed by atoms with van der Waals surface area (Å²) in [5, 5.41) is 16.0. The third-order valence-corrected chi connectivity index (χ3v) is 5.78. The first-order chi connectivity index (χ1) is 14.1. The van der Waals surface area contributed by atoms with Gasteiger partial charge in [0.1, 0.15) is 0 Å². The van der Waals surface area contributed by atoms with Gasteiger partial charge in [0.05, 0.1) is 11.6 Å². The monoisotopic (exact) mass is 405 g/mol. The van der Waals surface area contributed by atoms with Gasteiger partial charge in [0.25, 0.3) is 0 Å². The maximum Gasteiger partial charge on any atom is 0.0991 e. The SMILES string of the molecule is CNC(CC(C)(C)C)c1ccc(CC(C)(C)CC(NC)c2ccc(C#N)cc2)cc1. The smallest absolute Gasteiger partial charge is 0.0991 e. The summed E-state index contributed by atoms with van der Waals surface area (Å²) >= 11 is 0. The lowest BCUT2D eigenvalue weighted by Gasteiger charge is -2.30. The van der Waals surface area contributed by atoms with Crippen molar-refractivity contribution in [3.05, 3.63) is 70.8 Å². The van der Waals surface area contributed by atoms with E-state index >= 15 is 0 Å². The van der Waals surface area contributed by atoms with E-state index in [1.54, 1.807) is 0 Å². The molecule has 0 amide bonds. The van der Waals surface area contributed by atoms with E-state index in [9.17, 15) is 0 Å². The molecule has 3 nitrogen and oxygen atoms in total. The second-order valence-electron chi connectivity index (χ2n) is 10.5. The zero-order chi connectivity index (χ0) is 22.4. The van der Waals surface area contributed by atoms with Crippen LogP contribution in [-0.2, 0) is 6.42 Å². The number of hydrogen-bond acceptors (Lipinski definition) is 3. The Kier molecular flexibility index (Phi) is 8.24. The molecular weight excluding hydrogens is 366 g/mol. The standard InChI is InChI=1S/C27H39N3/c1-26(2,3)17-24(29-6)22-12-8-20(9-13-22)16-27(4,5)18-25(30-7)23-14-10-21(19-28)11-15-23/h8-15,24-25,29-30H,16-18H2,1-7H3. The Hall–Kier alpha value is -2.15. The van der Waals surface area contributed by atoms with E-state index < -0.39 is 0 Å². The largest absolute Gasteiger partial charge is 0.313 e. The van der Waals surface area contributed by atoms with Crippen LogP contribution < -0.4 is 10.6 Å². The first-order valence-corrected chi connectivity index (χ1v) is 11.0. The fourth-order valence-electron chi connectivity index (χ4n) is 4.22. The Balaban J connectivity index is 2.07. The number of nitriles is 1. The molecule has 2 unspecified atom stereocenters. The van der Waals surface area contributed by atoms with Crippen molar-refractivity contribution in [3.63, 3.8) is 0 Å². The molecule has 0 fully saturated rings. The van der Waals surface area contributed by atoms with Gasteiger partial charge in [-0.05, 0) is 73.0 Å². The zero-order valence-electron chi connectivity index (χ0n) is 19.8. The first-order valence-electron chi connectivity index (χ1n) is 11.0. The van der Waals surface area contributed by atoms with Crippen LogP contribution in [0.4, 0.5) is 0 Å². The van der Waals surface area contributed by atoms with Crippen LogP contribution in [0.15, 0.2) is 48.5 Å². The van der Waals surface area contributed by atoms with E-state index in [2.05, 4.69) is 94.8 Å². The highest BCUT2D eigenvalue weighted by Crippen LogP contribution is 2.34. The molecule has 30 heavy (non-hydrogen) atoms. The third kappa shape index (κ3) is 7.27.